The molecule has 4 heteroatoms. The molecule has 2 atom stereocenters. The monoisotopic (exact) mass is 345 g/mol. The van der Waals surface area contributed by atoms with Crippen LogP contribution in [0, 0.1) is 11.8 Å². The third-order valence-electron chi connectivity index (χ3n) is 3.45. The summed E-state index contributed by atoms with van der Waals surface area (Å²) in [4.78, 5) is 0. The lowest BCUT2D eigenvalue weighted by Crippen LogP contribution is -2.27. The molecule has 0 aliphatic carbocycles. The summed E-state index contributed by atoms with van der Waals surface area (Å²) < 4.78 is 6.83. The van der Waals surface area contributed by atoms with E-state index in [9.17, 15) is 0 Å². The zero-order valence-corrected chi connectivity index (χ0v) is 13.8. The van der Waals surface area contributed by atoms with Crippen molar-refractivity contribution in [2.24, 2.45) is 11.8 Å². The van der Waals surface area contributed by atoms with Gasteiger partial charge in [0.2, 0.25) is 0 Å². The molecule has 1 heterocycles. The van der Waals surface area contributed by atoms with E-state index in [1.807, 2.05) is 12.1 Å². The van der Waals surface area contributed by atoms with E-state index < -0.39 is 0 Å². The maximum Gasteiger partial charge on any atom is 0.0866 e. The van der Waals surface area contributed by atoms with Gasteiger partial charge in [0.25, 0.3) is 0 Å². The Labute approximate surface area is 129 Å². The molecule has 19 heavy (non-hydrogen) atoms. The van der Waals surface area contributed by atoms with Gasteiger partial charge in [0, 0.05) is 23.5 Å². The Balaban J connectivity index is 1.99. The average Bonchev–Trinajstić information content (AvgIpc) is 2.80. The van der Waals surface area contributed by atoms with Crippen LogP contribution in [0.15, 0.2) is 22.7 Å². The Morgan fingerprint density at radius 2 is 2.26 bits per heavy atom. The fourth-order valence-electron chi connectivity index (χ4n) is 2.46. The lowest BCUT2D eigenvalue weighted by atomic mass is 9.95. The number of rotatable bonds is 5. The van der Waals surface area contributed by atoms with Crippen LogP contribution < -0.4 is 5.32 Å². The highest BCUT2D eigenvalue weighted by molar-refractivity contribution is 9.10. The van der Waals surface area contributed by atoms with E-state index in [0.29, 0.717) is 11.8 Å². The fraction of sp³-hybridized carbons (Fsp3) is 0.600. The molecular formula is C15H21BrClNO. The van der Waals surface area contributed by atoms with E-state index in [4.69, 9.17) is 16.3 Å². The second-order valence-electron chi connectivity index (χ2n) is 5.57. The Morgan fingerprint density at radius 3 is 2.95 bits per heavy atom. The molecule has 1 fully saturated rings. The third-order valence-corrected chi connectivity index (χ3v) is 4.68. The number of nitrogens with one attached hydrogen (secondary N) is 1. The highest BCUT2D eigenvalue weighted by Gasteiger charge is 2.29. The van der Waals surface area contributed by atoms with Crippen molar-refractivity contribution in [3.8, 4) is 0 Å². The standard InChI is InChI=1S/C15H21BrClNO/c1-10(2)8-18-9-12-5-6-19-15(12)11-3-4-13(16)14(17)7-11/h3-4,7,10,12,15,18H,5-6,8-9H2,1-2H3. The average molecular weight is 347 g/mol. The minimum absolute atomic E-state index is 0.172. The fourth-order valence-corrected chi connectivity index (χ4v) is 2.89. The molecule has 1 saturated heterocycles. The molecule has 0 radical (unpaired) electrons. The van der Waals surface area contributed by atoms with E-state index in [-0.39, 0.29) is 6.10 Å². The van der Waals surface area contributed by atoms with Gasteiger partial charge in [-0.05, 0) is 52.5 Å². The molecule has 2 unspecified atom stereocenters. The molecule has 0 aromatic heterocycles. The first-order chi connectivity index (χ1) is 9.08. The predicted molar refractivity (Wildman–Crippen MR) is 83.7 cm³/mol. The normalized spacial score (nSPS) is 23.2. The van der Waals surface area contributed by atoms with Gasteiger partial charge in [0.05, 0.1) is 11.1 Å². The lowest BCUT2D eigenvalue weighted by Gasteiger charge is -2.20. The van der Waals surface area contributed by atoms with Crippen LogP contribution in [-0.2, 0) is 4.74 Å². The Bertz CT molecular complexity index is 425. The van der Waals surface area contributed by atoms with Crippen molar-refractivity contribution >= 4 is 27.5 Å². The van der Waals surface area contributed by atoms with Gasteiger partial charge in [-0.25, -0.2) is 0 Å². The number of halogens is 2. The predicted octanol–water partition coefficient (Wildman–Crippen LogP) is 4.43. The molecule has 2 nitrogen and oxygen atoms in total. The van der Waals surface area contributed by atoms with Crippen molar-refractivity contribution in [2.45, 2.75) is 26.4 Å². The first-order valence-corrected chi connectivity index (χ1v) is 8.02. The number of benzene rings is 1. The lowest BCUT2D eigenvalue weighted by molar-refractivity contribution is 0.0903. The Kier molecular flexibility index (Phi) is 5.70. The summed E-state index contributed by atoms with van der Waals surface area (Å²) in [5, 5.41) is 4.28. The molecule has 1 aliphatic heterocycles. The van der Waals surface area contributed by atoms with Gasteiger partial charge in [0.15, 0.2) is 0 Å². The molecular weight excluding hydrogens is 326 g/mol. The summed E-state index contributed by atoms with van der Waals surface area (Å²) >= 11 is 9.59. The van der Waals surface area contributed by atoms with Crippen molar-refractivity contribution in [1.82, 2.24) is 5.32 Å². The highest BCUT2D eigenvalue weighted by atomic mass is 79.9. The first kappa shape index (κ1) is 15.3. The number of hydrogen-bond acceptors (Lipinski definition) is 2. The second-order valence-corrected chi connectivity index (χ2v) is 6.83. The minimum Gasteiger partial charge on any atom is -0.373 e. The molecule has 1 N–H and O–H groups in total. The van der Waals surface area contributed by atoms with Crippen molar-refractivity contribution in [3.63, 3.8) is 0 Å². The van der Waals surface area contributed by atoms with Crippen molar-refractivity contribution < 1.29 is 4.74 Å². The van der Waals surface area contributed by atoms with Crippen molar-refractivity contribution in [1.29, 1.82) is 0 Å². The number of ether oxygens (including phenoxy) is 1. The summed E-state index contributed by atoms with van der Waals surface area (Å²) in [6.07, 6.45) is 1.29. The van der Waals surface area contributed by atoms with Crippen LogP contribution in [0.3, 0.4) is 0 Å². The van der Waals surface area contributed by atoms with Gasteiger partial charge in [0.1, 0.15) is 0 Å². The minimum atomic E-state index is 0.172. The molecule has 106 valence electrons. The van der Waals surface area contributed by atoms with Crippen LogP contribution in [-0.4, -0.2) is 19.7 Å². The molecule has 0 amide bonds. The van der Waals surface area contributed by atoms with Crippen molar-refractivity contribution in [3.05, 3.63) is 33.3 Å². The summed E-state index contributed by atoms with van der Waals surface area (Å²) in [6, 6.07) is 6.11. The van der Waals surface area contributed by atoms with E-state index in [1.54, 1.807) is 0 Å². The molecule has 1 aromatic rings. The SMILES string of the molecule is CC(C)CNCC1CCOC1c1ccc(Br)c(Cl)c1. The number of hydrogen-bond donors (Lipinski definition) is 1. The van der Waals surface area contributed by atoms with Crippen LogP contribution in [0.4, 0.5) is 0 Å². The maximum atomic E-state index is 6.17. The summed E-state index contributed by atoms with van der Waals surface area (Å²) in [7, 11) is 0. The zero-order valence-electron chi connectivity index (χ0n) is 11.5. The van der Waals surface area contributed by atoms with Gasteiger partial charge in [-0.15, -0.1) is 0 Å². The topological polar surface area (TPSA) is 21.3 Å². The highest BCUT2D eigenvalue weighted by Crippen LogP contribution is 2.36. The van der Waals surface area contributed by atoms with E-state index in [1.165, 1.54) is 5.56 Å². The van der Waals surface area contributed by atoms with Gasteiger partial charge >= 0.3 is 0 Å². The van der Waals surface area contributed by atoms with Crippen LogP contribution in [0.5, 0.6) is 0 Å². The van der Waals surface area contributed by atoms with Gasteiger partial charge in [-0.2, -0.15) is 0 Å². The van der Waals surface area contributed by atoms with Gasteiger partial charge in [-0.3, -0.25) is 0 Å². The maximum absolute atomic E-state index is 6.17. The van der Waals surface area contributed by atoms with Crippen LogP contribution >= 0.6 is 27.5 Å². The molecule has 2 rings (SSSR count). The van der Waals surface area contributed by atoms with E-state index in [0.717, 1.165) is 35.6 Å². The molecule has 1 aliphatic rings. The summed E-state index contributed by atoms with van der Waals surface area (Å²) in [5.41, 5.74) is 1.18. The zero-order chi connectivity index (χ0) is 13.8. The molecule has 0 saturated carbocycles. The molecule has 0 spiro atoms. The summed E-state index contributed by atoms with van der Waals surface area (Å²) in [5.74, 6) is 1.22. The molecule has 0 bridgehead atoms. The van der Waals surface area contributed by atoms with Gasteiger partial charge < -0.3 is 10.1 Å². The quantitative estimate of drug-likeness (QED) is 0.852. The second kappa shape index (κ2) is 7.07. The van der Waals surface area contributed by atoms with Crippen molar-refractivity contribution in [2.75, 3.05) is 19.7 Å². The Hall–Kier alpha value is -0.0900. The van der Waals surface area contributed by atoms with Crippen LogP contribution in [0.1, 0.15) is 31.9 Å². The molecule has 1 aromatic carbocycles. The third kappa shape index (κ3) is 4.19. The Morgan fingerprint density at radius 1 is 1.47 bits per heavy atom. The van der Waals surface area contributed by atoms with Crippen LogP contribution in [0.25, 0.3) is 0 Å². The van der Waals surface area contributed by atoms with Crippen LogP contribution in [0.2, 0.25) is 5.02 Å². The van der Waals surface area contributed by atoms with E-state index in [2.05, 4.69) is 41.2 Å². The van der Waals surface area contributed by atoms with Gasteiger partial charge in [-0.1, -0.05) is 31.5 Å². The smallest absolute Gasteiger partial charge is 0.0866 e. The largest absolute Gasteiger partial charge is 0.373 e. The first-order valence-electron chi connectivity index (χ1n) is 6.85. The van der Waals surface area contributed by atoms with E-state index >= 15 is 0 Å². The summed E-state index contributed by atoms with van der Waals surface area (Å²) in [6.45, 7) is 7.36.